The van der Waals surface area contributed by atoms with E-state index in [0.717, 1.165) is 57.8 Å². The van der Waals surface area contributed by atoms with Gasteiger partial charge in [-0.2, -0.15) is 0 Å². The Kier molecular flexibility index (Phi) is 45.1. The van der Waals surface area contributed by atoms with Gasteiger partial charge < -0.3 is 20.3 Å². The first-order chi connectivity index (χ1) is 28.5. The zero-order valence-electron chi connectivity index (χ0n) is 38.9. The van der Waals surface area contributed by atoms with Gasteiger partial charge in [-0.15, -0.1) is 0 Å². The monoisotopic (exact) mass is 818 g/mol. The highest BCUT2D eigenvalue weighted by atomic mass is 16.5. The summed E-state index contributed by atoms with van der Waals surface area (Å²) < 4.78 is 5.92. The number of rotatable bonds is 46. The summed E-state index contributed by atoms with van der Waals surface area (Å²) in [5.41, 5.74) is 0. The third kappa shape index (κ3) is 41.1. The molecule has 342 valence electrons. The molecule has 0 aliphatic rings. The molecule has 1 amide bonds. The molecule has 3 unspecified atom stereocenters. The van der Waals surface area contributed by atoms with Crippen LogP contribution in [0.5, 0.6) is 0 Å². The van der Waals surface area contributed by atoms with Crippen molar-refractivity contribution >= 4 is 11.9 Å². The van der Waals surface area contributed by atoms with Gasteiger partial charge >= 0.3 is 5.97 Å². The van der Waals surface area contributed by atoms with E-state index in [1.807, 2.05) is 0 Å². The van der Waals surface area contributed by atoms with E-state index < -0.39 is 18.2 Å². The van der Waals surface area contributed by atoms with Crippen molar-refractivity contribution in [2.75, 3.05) is 6.61 Å². The third-order valence-electron chi connectivity index (χ3n) is 11.8. The maximum absolute atomic E-state index is 13.2. The summed E-state index contributed by atoms with van der Waals surface area (Å²) in [5, 5.41) is 23.7. The summed E-state index contributed by atoms with van der Waals surface area (Å²) in [4.78, 5) is 26.1. The lowest BCUT2D eigenvalue weighted by Gasteiger charge is -2.24. The molecule has 3 N–H and O–H groups in total. The number of allylic oxidation sites excluding steroid dienone is 4. The van der Waals surface area contributed by atoms with E-state index in [-0.39, 0.29) is 24.9 Å². The number of esters is 1. The van der Waals surface area contributed by atoms with Gasteiger partial charge in [0.1, 0.15) is 6.10 Å². The van der Waals surface area contributed by atoms with Crippen LogP contribution in [0.3, 0.4) is 0 Å². The topological polar surface area (TPSA) is 95.9 Å². The van der Waals surface area contributed by atoms with Gasteiger partial charge in [-0.05, 0) is 51.4 Å². The Labute approximate surface area is 361 Å². The number of hydrogen-bond acceptors (Lipinski definition) is 5. The fourth-order valence-electron chi connectivity index (χ4n) is 7.89. The molecule has 3 atom stereocenters. The van der Waals surface area contributed by atoms with Crippen LogP contribution in [0.25, 0.3) is 0 Å². The lowest BCUT2D eigenvalue weighted by atomic mass is 10.0. The number of hydrogen-bond donors (Lipinski definition) is 3. The fourth-order valence-corrected chi connectivity index (χ4v) is 7.89. The van der Waals surface area contributed by atoms with Crippen LogP contribution in [0.4, 0.5) is 0 Å². The lowest BCUT2D eigenvalue weighted by molar-refractivity contribution is -0.151. The molecule has 6 nitrogen and oxygen atoms in total. The predicted molar refractivity (Wildman–Crippen MR) is 250 cm³/mol. The summed E-state index contributed by atoms with van der Waals surface area (Å²) in [6.45, 7) is 6.47. The fraction of sp³-hybridized carbons (Fsp3) is 0.885. The Morgan fingerprint density at radius 1 is 0.500 bits per heavy atom. The Balaban J connectivity index is 4.52. The Hall–Kier alpha value is -1.66. The lowest BCUT2D eigenvalue weighted by Crippen LogP contribution is -2.46. The number of aliphatic hydroxyl groups is 2. The minimum atomic E-state index is -0.784. The number of unbranched alkanes of at least 4 members (excludes halogenated alkanes) is 31. The smallest absolute Gasteiger partial charge is 0.306 e. The van der Waals surface area contributed by atoms with Crippen molar-refractivity contribution in [1.82, 2.24) is 5.32 Å². The zero-order valence-corrected chi connectivity index (χ0v) is 38.9. The minimum Gasteiger partial charge on any atom is -0.462 e. The number of amides is 1. The van der Waals surface area contributed by atoms with Crippen LogP contribution in [0.2, 0.25) is 0 Å². The van der Waals surface area contributed by atoms with Gasteiger partial charge in [-0.1, -0.05) is 231 Å². The van der Waals surface area contributed by atoms with Crippen molar-refractivity contribution in [3.63, 3.8) is 0 Å². The molecule has 0 aromatic heterocycles. The van der Waals surface area contributed by atoms with Gasteiger partial charge in [0.05, 0.1) is 25.2 Å². The van der Waals surface area contributed by atoms with E-state index in [4.69, 9.17) is 4.74 Å². The van der Waals surface area contributed by atoms with Gasteiger partial charge in [0.25, 0.3) is 0 Å². The van der Waals surface area contributed by atoms with Gasteiger partial charge in [-0.25, -0.2) is 0 Å². The number of carbonyl (C=O) groups excluding carboxylic acids is 2. The maximum Gasteiger partial charge on any atom is 0.306 e. The molecule has 58 heavy (non-hydrogen) atoms. The van der Waals surface area contributed by atoms with Crippen molar-refractivity contribution in [3.8, 4) is 0 Å². The highest BCUT2D eigenvalue weighted by Crippen LogP contribution is 2.18. The van der Waals surface area contributed by atoms with E-state index in [1.54, 1.807) is 0 Å². The standard InChI is InChI=1S/C52H99NO5/c1-4-7-10-13-16-19-22-23-24-25-26-27-28-30-33-36-39-42-45-52(57)58-48(43-40-37-34-31-29-20-17-14-11-8-5-2)46-51(56)53-49(47-54)50(55)44-41-38-35-32-21-18-15-12-9-6-3/h24-27,48-50,54-55H,4-23,28-47H2,1-3H3,(H,53,56)/b25-24+,27-26+. The van der Waals surface area contributed by atoms with E-state index in [2.05, 4.69) is 50.4 Å². The Morgan fingerprint density at radius 3 is 1.28 bits per heavy atom. The number of nitrogens with one attached hydrogen (secondary N) is 1. The van der Waals surface area contributed by atoms with E-state index in [1.165, 1.54) is 167 Å². The second kappa shape index (κ2) is 46.4. The normalized spacial score (nSPS) is 13.4. The molecule has 0 rings (SSSR count). The Morgan fingerprint density at radius 2 is 0.862 bits per heavy atom. The summed E-state index contributed by atoms with van der Waals surface area (Å²) in [6.07, 6.45) is 52.4. The van der Waals surface area contributed by atoms with Crippen molar-refractivity contribution in [3.05, 3.63) is 24.3 Å². The molecule has 0 fully saturated rings. The summed E-state index contributed by atoms with van der Waals surface area (Å²) >= 11 is 0. The molecular formula is C52H99NO5. The maximum atomic E-state index is 13.2. The highest BCUT2D eigenvalue weighted by Gasteiger charge is 2.24. The zero-order chi connectivity index (χ0) is 42.4. The number of carbonyl (C=O) groups is 2. The SMILES string of the molecule is CCCCCCCCC/C=C/C=C/CCCCCCCC(=O)OC(CCCCCCCCCCCCC)CC(=O)NC(CO)C(O)CCCCCCCCCCCC. The van der Waals surface area contributed by atoms with Gasteiger partial charge in [-0.3, -0.25) is 9.59 Å². The van der Waals surface area contributed by atoms with Gasteiger partial charge in [0.2, 0.25) is 5.91 Å². The van der Waals surface area contributed by atoms with Crippen LogP contribution >= 0.6 is 0 Å². The largest absolute Gasteiger partial charge is 0.462 e. The molecule has 0 aromatic rings. The van der Waals surface area contributed by atoms with Gasteiger partial charge in [0.15, 0.2) is 0 Å². The number of ether oxygens (including phenoxy) is 1. The highest BCUT2D eigenvalue weighted by molar-refractivity contribution is 5.77. The van der Waals surface area contributed by atoms with E-state index in [0.29, 0.717) is 19.3 Å². The second-order valence-electron chi connectivity index (χ2n) is 17.6. The van der Waals surface area contributed by atoms with Crippen LogP contribution in [-0.4, -0.2) is 46.9 Å². The average Bonchev–Trinajstić information content (AvgIpc) is 3.22. The van der Waals surface area contributed by atoms with Crippen molar-refractivity contribution in [2.45, 2.75) is 289 Å². The molecular weight excluding hydrogens is 719 g/mol. The second-order valence-corrected chi connectivity index (χ2v) is 17.6. The molecule has 0 heterocycles. The van der Waals surface area contributed by atoms with Crippen LogP contribution < -0.4 is 5.32 Å². The quantitative estimate of drug-likeness (QED) is 0.0323. The van der Waals surface area contributed by atoms with Crippen LogP contribution in [-0.2, 0) is 14.3 Å². The first kappa shape index (κ1) is 56.3. The average molecular weight is 818 g/mol. The van der Waals surface area contributed by atoms with Crippen LogP contribution in [0.15, 0.2) is 24.3 Å². The molecule has 0 aliphatic carbocycles. The van der Waals surface area contributed by atoms with E-state index in [9.17, 15) is 19.8 Å². The van der Waals surface area contributed by atoms with E-state index >= 15 is 0 Å². The molecule has 6 heteroatoms. The molecule has 0 spiro atoms. The molecule has 0 saturated carbocycles. The predicted octanol–water partition coefficient (Wildman–Crippen LogP) is 15.1. The molecule has 0 aliphatic heterocycles. The summed E-state index contributed by atoms with van der Waals surface area (Å²) in [6, 6.07) is -0.698. The third-order valence-corrected chi connectivity index (χ3v) is 11.8. The summed E-state index contributed by atoms with van der Waals surface area (Å²) in [7, 11) is 0. The molecule has 0 radical (unpaired) electrons. The first-order valence-corrected chi connectivity index (χ1v) is 25.6. The van der Waals surface area contributed by atoms with Crippen molar-refractivity contribution < 1.29 is 24.5 Å². The summed E-state index contributed by atoms with van der Waals surface area (Å²) in [5.74, 6) is -0.480. The molecule has 0 aromatic carbocycles. The minimum absolute atomic E-state index is 0.0762. The van der Waals surface area contributed by atoms with Crippen molar-refractivity contribution in [1.29, 1.82) is 0 Å². The molecule has 0 bridgehead atoms. The van der Waals surface area contributed by atoms with Crippen LogP contribution in [0, 0.1) is 0 Å². The number of aliphatic hydroxyl groups excluding tert-OH is 2. The Bertz CT molecular complexity index is 919. The van der Waals surface area contributed by atoms with Crippen LogP contribution in [0.1, 0.15) is 271 Å². The van der Waals surface area contributed by atoms with Crippen molar-refractivity contribution in [2.24, 2.45) is 0 Å². The van der Waals surface area contributed by atoms with Gasteiger partial charge in [0, 0.05) is 6.42 Å². The molecule has 0 saturated heterocycles. The first-order valence-electron chi connectivity index (χ1n) is 25.6.